The summed E-state index contributed by atoms with van der Waals surface area (Å²) in [5, 5.41) is 3.14. The third-order valence-corrected chi connectivity index (χ3v) is 3.93. The first-order chi connectivity index (χ1) is 11.0. The van der Waals surface area contributed by atoms with Crippen LogP contribution in [0.2, 0.25) is 5.02 Å². The molecule has 0 aliphatic heterocycles. The van der Waals surface area contributed by atoms with Crippen molar-refractivity contribution in [2.45, 2.75) is 12.5 Å². The lowest BCUT2D eigenvalue weighted by atomic mass is 10.1. The van der Waals surface area contributed by atoms with Crippen molar-refractivity contribution in [3.63, 3.8) is 0 Å². The Morgan fingerprint density at radius 2 is 2.04 bits per heavy atom. The Morgan fingerprint density at radius 1 is 1.30 bits per heavy atom. The summed E-state index contributed by atoms with van der Waals surface area (Å²) in [7, 11) is 2.81. The predicted octanol–water partition coefficient (Wildman–Crippen LogP) is 1.97. The molecule has 1 atom stereocenters. The van der Waals surface area contributed by atoms with Crippen molar-refractivity contribution in [2.75, 3.05) is 34.0 Å². The zero-order chi connectivity index (χ0) is 17.2. The van der Waals surface area contributed by atoms with Gasteiger partial charge < -0.3 is 19.5 Å². The molecule has 0 unspecified atom stereocenters. The van der Waals surface area contributed by atoms with Crippen LogP contribution < -0.4 is 5.32 Å². The topological polar surface area (TPSA) is 73.9 Å². The molecule has 8 heteroatoms. The van der Waals surface area contributed by atoms with Crippen molar-refractivity contribution in [3.05, 3.63) is 33.3 Å². The quantitative estimate of drug-likeness (QED) is 0.499. The van der Waals surface area contributed by atoms with Gasteiger partial charge in [0.25, 0.3) is 0 Å². The Balaban J connectivity index is 2.67. The van der Waals surface area contributed by atoms with Crippen LogP contribution in [0.1, 0.15) is 5.56 Å². The minimum absolute atomic E-state index is 0.159. The predicted molar refractivity (Wildman–Crippen MR) is 89.5 cm³/mol. The summed E-state index contributed by atoms with van der Waals surface area (Å²) in [5.41, 5.74) is 0.786. The first-order valence-corrected chi connectivity index (χ1v) is 8.02. The maximum atomic E-state index is 11.9. The number of nitrogens with one attached hydrogen (secondary N) is 1. The molecule has 1 N–H and O–H groups in total. The zero-order valence-corrected chi connectivity index (χ0v) is 15.3. The third kappa shape index (κ3) is 7.30. The summed E-state index contributed by atoms with van der Waals surface area (Å²) in [6.45, 7) is 0.531. The molecule has 0 fully saturated rings. The number of carbonyl (C=O) groups is 2. The van der Waals surface area contributed by atoms with Gasteiger partial charge in [-0.3, -0.25) is 4.79 Å². The van der Waals surface area contributed by atoms with E-state index in [0.717, 1.165) is 10.0 Å². The number of rotatable bonds is 9. The summed E-state index contributed by atoms with van der Waals surface area (Å²) in [6.07, 6.45) is 0.248. The summed E-state index contributed by atoms with van der Waals surface area (Å²) >= 11 is 9.35. The van der Waals surface area contributed by atoms with Crippen molar-refractivity contribution in [2.24, 2.45) is 0 Å². The molecule has 0 aliphatic rings. The van der Waals surface area contributed by atoms with E-state index < -0.39 is 17.9 Å². The number of amides is 1. The molecule has 1 amide bonds. The fraction of sp³-hybridized carbons (Fsp3) is 0.467. The lowest BCUT2D eigenvalue weighted by Gasteiger charge is -2.17. The summed E-state index contributed by atoms with van der Waals surface area (Å²) < 4.78 is 15.5. The molecular formula is C15H19BrClNO5. The molecule has 1 aromatic carbocycles. The molecule has 0 aromatic heterocycles. The lowest BCUT2D eigenvalue weighted by molar-refractivity contribution is -0.145. The van der Waals surface area contributed by atoms with E-state index >= 15 is 0 Å². The number of esters is 1. The molecule has 1 rings (SSSR count). The van der Waals surface area contributed by atoms with Crippen molar-refractivity contribution in [1.82, 2.24) is 5.32 Å². The van der Waals surface area contributed by atoms with Gasteiger partial charge in [0.05, 0.1) is 20.3 Å². The first kappa shape index (κ1) is 19.9. The summed E-state index contributed by atoms with van der Waals surface area (Å²) in [4.78, 5) is 23.7. The second-order valence-electron chi connectivity index (χ2n) is 4.63. The van der Waals surface area contributed by atoms with Crippen LogP contribution in [-0.4, -0.2) is 52.0 Å². The highest BCUT2D eigenvalue weighted by Crippen LogP contribution is 2.22. The van der Waals surface area contributed by atoms with Crippen LogP contribution in [0.5, 0.6) is 0 Å². The van der Waals surface area contributed by atoms with Crippen LogP contribution in [0.25, 0.3) is 0 Å². The van der Waals surface area contributed by atoms with Crippen LogP contribution >= 0.6 is 27.5 Å². The van der Waals surface area contributed by atoms with Gasteiger partial charge in [0, 0.05) is 23.0 Å². The fourth-order valence-corrected chi connectivity index (χ4v) is 2.40. The van der Waals surface area contributed by atoms with E-state index in [1.807, 2.05) is 0 Å². The number of benzene rings is 1. The number of ether oxygens (including phenoxy) is 3. The molecule has 0 saturated heterocycles. The van der Waals surface area contributed by atoms with Crippen molar-refractivity contribution in [3.8, 4) is 0 Å². The van der Waals surface area contributed by atoms with Gasteiger partial charge >= 0.3 is 5.97 Å². The lowest BCUT2D eigenvalue weighted by Crippen LogP contribution is -2.44. The van der Waals surface area contributed by atoms with E-state index in [1.165, 1.54) is 7.11 Å². The molecule has 0 bridgehead atoms. The minimum Gasteiger partial charge on any atom is -0.467 e. The monoisotopic (exact) mass is 407 g/mol. The molecule has 0 radical (unpaired) electrons. The van der Waals surface area contributed by atoms with Crippen molar-refractivity contribution in [1.29, 1.82) is 0 Å². The zero-order valence-electron chi connectivity index (χ0n) is 12.9. The van der Waals surface area contributed by atoms with Crippen molar-refractivity contribution >= 4 is 39.4 Å². The van der Waals surface area contributed by atoms with Gasteiger partial charge in [-0.1, -0.05) is 27.5 Å². The van der Waals surface area contributed by atoms with Crippen LogP contribution in [0.15, 0.2) is 22.7 Å². The molecule has 23 heavy (non-hydrogen) atoms. The number of carbonyl (C=O) groups excluding carboxylic acids is 2. The Labute approximate surface area is 148 Å². The third-order valence-electron chi connectivity index (χ3n) is 2.92. The van der Waals surface area contributed by atoms with Gasteiger partial charge in [-0.05, 0) is 23.8 Å². The minimum atomic E-state index is -0.826. The normalized spacial score (nSPS) is 11.8. The van der Waals surface area contributed by atoms with Crippen molar-refractivity contribution < 1.29 is 23.8 Å². The molecule has 0 saturated carbocycles. The van der Waals surface area contributed by atoms with E-state index in [2.05, 4.69) is 21.2 Å². The number of methoxy groups -OCH3 is 2. The van der Waals surface area contributed by atoms with Gasteiger partial charge in [0.1, 0.15) is 12.6 Å². The summed E-state index contributed by atoms with van der Waals surface area (Å²) in [6, 6.07) is 4.41. The van der Waals surface area contributed by atoms with Gasteiger partial charge in [-0.2, -0.15) is 0 Å². The molecule has 0 spiro atoms. The number of hydrogen-bond acceptors (Lipinski definition) is 5. The van der Waals surface area contributed by atoms with Crippen LogP contribution in [0, 0.1) is 0 Å². The SMILES string of the molecule is COCCOCC(=O)N[C@H](Cc1cc(Cl)ccc1Br)C(=O)OC. The van der Waals surface area contributed by atoms with Gasteiger partial charge in [-0.15, -0.1) is 0 Å². The molecule has 0 heterocycles. The van der Waals surface area contributed by atoms with Crippen LogP contribution in [-0.2, 0) is 30.2 Å². The van der Waals surface area contributed by atoms with Gasteiger partial charge in [0.2, 0.25) is 5.91 Å². The van der Waals surface area contributed by atoms with Crippen LogP contribution in [0.4, 0.5) is 0 Å². The van der Waals surface area contributed by atoms with E-state index in [9.17, 15) is 9.59 Å². The highest BCUT2D eigenvalue weighted by molar-refractivity contribution is 9.10. The van der Waals surface area contributed by atoms with E-state index in [0.29, 0.717) is 18.2 Å². The fourth-order valence-electron chi connectivity index (χ4n) is 1.80. The second-order valence-corrected chi connectivity index (χ2v) is 5.92. The van der Waals surface area contributed by atoms with Crippen LogP contribution in [0.3, 0.4) is 0 Å². The smallest absolute Gasteiger partial charge is 0.328 e. The molecule has 6 nitrogen and oxygen atoms in total. The number of halogens is 2. The maximum absolute atomic E-state index is 11.9. The largest absolute Gasteiger partial charge is 0.467 e. The molecular weight excluding hydrogens is 390 g/mol. The van der Waals surface area contributed by atoms with E-state index in [-0.39, 0.29) is 13.0 Å². The van der Waals surface area contributed by atoms with Gasteiger partial charge in [0.15, 0.2) is 0 Å². The van der Waals surface area contributed by atoms with Gasteiger partial charge in [-0.25, -0.2) is 4.79 Å². The molecule has 1 aromatic rings. The average Bonchev–Trinajstić information content (AvgIpc) is 2.53. The Bertz CT molecular complexity index is 541. The molecule has 0 aliphatic carbocycles. The van der Waals surface area contributed by atoms with E-state index in [4.69, 9.17) is 25.8 Å². The standard InChI is InChI=1S/C15H19BrClNO5/c1-21-5-6-23-9-14(19)18-13(15(20)22-2)8-10-7-11(17)3-4-12(10)16/h3-4,7,13H,5-6,8-9H2,1-2H3,(H,18,19)/t13-/m1/s1. The second kappa shape index (κ2) is 10.6. The first-order valence-electron chi connectivity index (χ1n) is 6.85. The Hall–Kier alpha value is -1.15. The number of hydrogen-bond donors (Lipinski definition) is 1. The maximum Gasteiger partial charge on any atom is 0.328 e. The molecule has 128 valence electrons. The highest BCUT2D eigenvalue weighted by Gasteiger charge is 2.23. The average molecular weight is 409 g/mol. The Morgan fingerprint density at radius 3 is 2.70 bits per heavy atom. The summed E-state index contributed by atoms with van der Waals surface area (Å²) in [5.74, 6) is -0.947. The Kier molecular flexibility index (Phi) is 9.16. The van der Waals surface area contributed by atoms with E-state index in [1.54, 1.807) is 25.3 Å². The highest BCUT2D eigenvalue weighted by atomic mass is 79.9.